The van der Waals surface area contributed by atoms with Gasteiger partial charge in [0.25, 0.3) is 0 Å². The van der Waals surface area contributed by atoms with Crippen molar-refractivity contribution in [3.8, 4) is 11.4 Å². The van der Waals surface area contributed by atoms with Crippen molar-refractivity contribution in [2.45, 2.75) is 27.7 Å². The summed E-state index contributed by atoms with van der Waals surface area (Å²) in [6.07, 6.45) is 0. The SMILES string of the molecule is Cc1c(C)n(-c2ccc(N(c3ccccc3)c3ccccc3)cc2)c2c1cc1ccc3c4c(ccc2c14)cc1c(C)c(C)n(-c2ccc(N(c4ccccc4)c4ccccc4)cc2)c13. The van der Waals surface area contributed by atoms with Crippen LogP contribution in [0.1, 0.15) is 22.5 Å². The van der Waals surface area contributed by atoms with Gasteiger partial charge in [0.1, 0.15) is 0 Å². The van der Waals surface area contributed by atoms with Gasteiger partial charge in [0.05, 0.1) is 11.0 Å². The maximum Gasteiger partial charge on any atom is 0.0613 e. The van der Waals surface area contributed by atoms with Crippen LogP contribution < -0.4 is 9.80 Å². The number of anilines is 6. The summed E-state index contributed by atoms with van der Waals surface area (Å²) in [6.45, 7) is 9.09. The highest BCUT2D eigenvalue weighted by atomic mass is 15.1. The van der Waals surface area contributed by atoms with Gasteiger partial charge < -0.3 is 18.9 Å². The summed E-state index contributed by atoms with van der Waals surface area (Å²) in [7, 11) is 0. The molecule has 0 amide bonds. The van der Waals surface area contributed by atoms with Crippen molar-refractivity contribution < 1.29 is 0 Å². The number of benzene rings is 10. The standard InChI is InChI=1S/C60H46N4/c1-39-41(3)61(49-27-31-51(32-28-49)63(45-17-9-5-10-18-45)46-19-11-6-12-20-46)59-53-35-26-44-38-56-40(2)42(4)62(60(56)54-36-25-43(37-55(39)59)57(53)58(44)54)50-29-33-52(34-30-50)64(47-21-13-7-14-22-47)48-23-15-8-16-24-48/h5-38H,1-4H3. The van der Waals surface area contributed by atoms with E-state index in [2.05, 4.69) is 253 Å². The molecule has 0 unspecified atom stereocenters. The van der Waals surface area contributed by atoms with Gasteiger partial charge in [-0.3, -0.25) is 0 Å². The highest BCUT2D eigenvalue weighted by Gasteiger charge is 2.23. The van der Waals surface area contributed by atoms with Crippen molar-refractivity contribution in [1.82, 2.24) is 9.13 Å². The quantitative estimate of drug-likeness (QED) is 0.142. The van der Waals surface area contributed by atoms with Gasteiger partial charge in [-0.15, -0.1) is 0 Å². The van der Waals surface area contributed by atoms with E-state index in [0.29, 0.717) is 0 Å². The first-order valence-corrected chi connectivity index (χ1v) is 22.2. The lowest BCUT2D eigenvalue weighted by atomic mass is 9.91. The molecular weight excluding hydrogens is 777 g/mol. The van der Waals surface area contributed by atoms with Gasteiger partial charge in [-0.1, -0.05) is 97.1 Å². The number of rotatable bonds is 8. The highest BCUT2D eigenvalue weighted by molar-refractivity contribution is 6.33. The van der Waals surface area contributed by atoms with Crippen LogP contribution in [-0.2, 0) is 0 Å². The molecule has 0 fully saturated rings. The summed E-state index contributed by atoms with van der Waals surface area (Å²) in [4.78, 5) is 4.64. The van der Waals surface area contributed by atoms with Crippen molar-refractivity contribution in [3.05, 3.63) is 229 Å². The van der Waals surface area contributed by atoms with Gasteiger partial charge in [0.2, 0.25) is 0 Å². The third-order valence-electron chi connectivity index (χ3n) is 13.6. The van der Waals surface area contributed by atoms with Crippen LogP contribution in [0.5, 0.6) is 0 Å². The smallest absolute Gasteiger partial charge is 0.0613 e. The fourth-order valence-corrected chi connectivity index (χ4v) is 10.4. The third kappa shape index (κ3) is 5.76. The summed E-state index contributed by atoms with van der Waals surface area (Å²) >= 11 is 0. The molecule has 0 atom stereocenters. The van der Waals surface area contributed by atoms with E-state index in [-0.39, 0.29) is 0 Å². The first-order valence-electron chi connectivity index (χ1n) is 22.2. The fraction of sp³-hybridized carbons (Fsp3) is 0.0667. The number of aryl methyl sites for hydroxylation is 2. The zero-order valence-electron chi connectivity index (χ0n) is 36.4. The van der Waals surface area contributed by atoms with Gasteiger partial charge in [0, 0.05) is 78.4 Å². The van der Waals surface area contributed by atoms with E-state index in [9.17, 15) is 0 Å². The van der Waals surface area contributed by atoms with Crippen LogP contribution in [0.3, 0.4) is 0 Å². The van der Waals surface area contributed by atoms with E-state index in [1.54, 1.807) is 0 Å². The Kier molecular flexibility index (Phi) is 8.70. The molecule has 12 rings (SSSR count). The molecule has 2 heterocycles. The normalized spacial score (nSPS) is 11.8. The average Bonchev–Trinajstić information content (AvgIpc) is 3.75. The molecule has 0 bridgehead atoms. The minimum atomic E-state index is 1.12. The molecule has 4 heteroatoms. The molecule has 0 aliphatic heterocycles. The molecule has 64 heavy (non-hydrogen) atoms. The second kappa shape index (κ2) is 14.8. The molecule has 12 aromatic rings. The molecule has 0 saturated carbocycles. The number of hydrogen-bond donors (Lipinski definition) is 0. The molecule has 0 radical (unpaired) electrons. The minimum Gasteiger partial charge on any atom is -0.313 e. The van der Waals surface area contributed by atoms with Crippen LogP contribution >= 0.6 is 0 Å². The Morgan fingerprint density at radius 3 is 0.906 bits per heavy atom. The van der Waals surface area contributed by atoms with Crippen LogP contribution in [0.4, 0.5) is 34.1 Å². The number of nitrogens with zero attached hydrogens (tertiary/aromatic N) is 4. The topological polar surface area (TPSA) is 16.3 Å². The molecule has 0 saturated heterocycles. The van der Waals surface area contributed by atoms with E-state index >= 15 is 0 Å². The highest BCUT2D eigenvalue weighted by Crippen LogP contribution is 2.46. The van der Waals surface area contributed by atoms with Gasteiger partial charge in [0.15, 0.2) is 0 Å². The summed E-state index contributed by atoms with van der Waals surface area (Å²) < 4.78 is 4.97. The van der Waals surface area contributed by atoms with Crippen molar-refractivity contribution in [3.63, 3.8) is 0 Å². The first-order chi connectivity index (χ1) is 31.4. The number of aromatic nitrogens is 2. The zero-order valence-corrected chi connectivity index (χ0v) is 36.4. The predicted octanol–water partition coefficient (Wildman–Crippen LogP) is 16.6. The van der Waals surface area contributed by atoms with E-state index in [1.165, 1.54) is 76.6 Å². The lowest BCUT2D eigenvalue weighted by molar-refractivity contribution is 1.04. The zero-order chi connectivity index (χ0) is 43.1. The second-order valence-corrected chi connectivity index (χ2v) is 17.1. The van der Waals surface area contributed by atoms with Crippen LogP contribution in [-0.4, -0.2) is 9.13 Å². The lowest BCUT2D eigenvalue weighted by Gasteiger charge is -2.25. The van der Waals surface area contributed by atoms with Gasteiger partial charge >= 0.3 is 0 Å². The Morgan fingerprint density at radius 1 is 0.297 bits per heavy atom. The number of fused-ring (bicyclic) bond motifs is 4. The van der Waals surface area contributed by atoms with Crippen LogP contribution in [0.2, 0.25) is 0 Å². The summed E-state index contributed by atoms with van der Waals surface area (Å²) in [5.41, 5.74) is 16.7. The van der Waals surface area contributed by atoms with Gasteiger partial charge in [-0.05, 0) is 170 Å². The van der Waals surface area contributed by atoms with Crippen molar-refractivity contribution in [1.29, 1.82) is 0 Å². The Morgan fingerprint density at radius 2 is 0.594 bits per heavy atom. The lowest BCUT2D eigenvalue weighted by Crippen LogP contribution is -2.09. The van der Waals surface area contributed by atoms with Crippen LogP contribution in [0.25, 0.3) is 65.5 Å². The van der Waals surface area contributed by atoms with Crippen molar-refractivity contribution in [2.75, 3.05) is 9.80 Å². The van der Waals surface area contributed by atoms with Crippen molar-refractivity contribution >= 4 is 88.2 Å². The Labute approximate surface area is 373 Å². The van der Waals surface area contributed by atoms with E-state index in [1.807, 2.05) is 0 Å². The Balaban J connectivity index is 1.02. The van der Waals surface area contributed by atoms with Crippen LogP contribution in [0, 0.1) is 27.7 Å². The van der Waals surface area contributed by atoms with E-state index in [0.717, 1.165) is 45.5 Å². The average molecular weight is 823 g/mol. The van der Waals surface area contributed by atoms with E-state index in [4.69, 9.17) is 0 Å². The maximum absolute atomic E-state index is 2.48. The number of para-hydroxylation sites is 4. The number of hydrogen-bond acceptors (Lipinski definition) is 2. The molecule has 0 aliphatic rings. The largest absolute Gasteiger partial charge is 0.313 e. The molecule has 4 nitrogen and oxygen atoms in total. The summed E-state index contributed by atoms with van der Waals surface area (Å²) in [5.74, 6) is 0. The summed E-state index contributed by atoms with van der Waals surface area (Å²) in [6, 6.07) is 75.0. The Bertz CT molecular complexity index is 3340. The monoisotopic (exact) mass is 822 g/mol. The predicted molar refractivity (Wildman–Crippen MR) is 272 cm³/mol. The first kappa shape index (κ1) is 37.7. The Hall–Kier alpha value is -8.08. The fourth-order valence-electron chi connectivity index (χ4n) is 10.4. The maximum atomic E-state index is 2.48. The summed E-state index contributed by atoms with van der Waals surface area (Å²) in [5, 5.41) is 10.3. The molecular formula is C60H46N4. The van der Waals surface area contributed by atoms with Gasteiger partial charge in [-0.2, -0.15) is 0 Å². The molecule has 0 N–H and O–H groups in total. The van der Waals surface area contributed by atoms with Crippen LogP contribution in [0.15, 0.2) is 206 Å². The second-order valence-electron chi connectivity index (χ2n) is 17.1. The van der Waals surface area contributed by atoms with Gasteiger partial charge in [-0.25, -0.2) is 0 Å². The van der Waals surface area contributed by atoms with E-state index < -0.39 is 0 Å². The minimum absolute atomic E-state index is 1.12. The molecule has 0 aliphatic carbocycles. The third-order valence-corrected chi connectivity index (χ3v) is 13.6. The molecule has 2 aromatic heterocycles. The molecule has 306 valence electrons. The molecule has 0 spiro atoms. The van der Waals surface area contributed by atoms with Crippen molar-refractivity contribution in [2.24, 2.45) is 0 Å². The molecule has 10 aromatic carbocycles.